The summed E-state index contributed by atoms with van der Waals surface area (Å²) in [6, 6.07) is 12.8. The van der Waals surface area contributed by atoms with Crippen LogP contribution in [0.3, 0.4) is 0 Å². The van der Waals surface area contributed by atoms with Gasteiger partial charge in [-0.25, -0.2) is 4.39 Å². The second kappa shape index (κ2) is 10.4. The highest BCUT2D eigenvalue weighted by atomic mass is 19.1. The van der Waals surface area contributed by atoms with Crippen LogP contribution in [-0.2, 0) is 22.5 Å². The highest BCUT2D eigenvalue weighted by Crippen LogP contribution is 2.22. The van der Waals surface area contributed by atoms with Gasteiger partial charge in [-0.15, -0.1) is 0 Å². The largest absolute Gasteiger partial charge is 0.379 e. The molecule has 2 fully saturated rings. The van der Waals surface area contributed by atoms with E-state index in [1.54, 1.807) is 29.2 Å². The fraction of sp³-hybridized carbons (Fsp3) is 0.423. The summed E-state index contributed by atoms with van der Waals surface area (Å²) in [7, 11) is 0. The molecular weight excluding hydrogens is 433 g/mol. The van der Waals surface area contributed by atoms with E-state index in [2.05, 4.69) is 9.88 Å². The molecule has 1 amide bonds. The number of carbonyl (C=O) groups is 1. The average Bonchev–Trinajstić information content (AvgIpc) is 3.28. The van der Waals surface area contributed by atoms with Gasteiger partial charge in [-0.2, -0.15) is 5.10 Å². The number of piperidine rings is 1. The minimum absolute atomic E-state index is 0.0881. The molecule has 2 aliphatic rings. The first-order valence-electron chi connectivity index (χ1n) is 12.0. The van der Waals surface area contributed by atoms with Crippen molar-refractivity contribution in [3.05, 3.63) is 71.9 Å². The van der Waals surface area contributed by atoms with Crippen molar-refractivity contribution in [1.82, 2.24) is 24.6 Å². The van der Waals surface area contributed by atoms with Gasteiger partial charge in [0, 0.05) is 62.3 Å². The Bertz CT molecular complexity index is 1090. The van der Waals surface area contributed by atoms with Gasteiger partial charge in [-0.1, -0.05) is 12.1 Å². The molecular formula is C26H30FN5O2. The average molecular weight is 464 g/mol. The van der Waals surface area contributed by atoms with Gasteiger partial charge >= 0.3 is 0 Å². The molecule has 0 atom stereocenters. The van der Waals surface area contributed by atoms with Crippen LogP contribution in [0.4, 0.5) is 4.39 Å². The number of hydrogen-bond donors (Lipinski definition) is 0. The van der Waals surface area contributed by atoms with Crippen molar-refractivity contribution in [2.75, 3.05) is 39.4 Å². The fourth-order valence-electron chi connectivity index (χ4n) is 4.86. The zero-order valence-corrected chi connectivity index (χ0v) is 19.3. The third-order valence-corrected chi connectivity index (χ3v) is 6.80. The summed E-state index contributed by atoms with van der Waals surface area (Å²) in [6.07, 6.45) is 6.03. The number of aromatic nitrogens is 3. The van der Waals surface area contributed by atoms with Crippen LogP contribution in [0.1, 0.15) is 24.1 Å². The molecule has 178 valence electrons. The topological polar surface area (TPSA) is 63.5 Å². The smallest absolute Gasteiger partial charge is 0.244 e. The molecule has 0 bridgehead atoms. The maximum absolute atomic E-state index is 13.4. The van der Waals surface area contributed by atoms with E-state index < -0.39 is 0 Å². The molecule has 8 heteroatoms. The van der Waals surface area contributed by atoms with E-state index >= 15 is 0 Å². The standard InChI is InChI=1S/C26H30FN5O2/c27-22-3-1-20(2-4-22)17-24-18-25(21-5-9-28-10-6-21)29-32(24)19-26(33)31-11-7-23(8-12-31)30-13-15-34-16-14-30/h1-6,9-10,18,23H,7-8,11-17,19H2. The first kappa shape index (κ1) is 22.7. The maximum atomic E-state index is 13.4. The maximum Gasteiger partial charge on any atom is 0.244 e. The van der Waals surface area contributed by atoms with E-state index in [1.807, 2.05) is 23.1 Å². The van der Waals surface area contributed by atoms with Gasteiger partial charge in [0.05, 0.1) is 18.9 Å². The zero-order valence-electron chi connectivity index (χ0n) is 19.3. The molecule has 0 radical (unpaired) electrons. The number of benzene rings is 1. The lowest BCUT2D eigenvalue weighted by Crippen LogP contribution is -2.50. The molecule has 0 saturated carbocycles. The summed E-state index contributed by atoms with van der Waals surface area (Å²) in [6.45, 7) is 5.31. The van der Waals surface area contributed by atoms with Crippen molar-refractivity contribution in [1.29, 1.82) is 0 Å². The van der Waals surface area contributed by atoms with Gasteiger partial charge in [-0.3, -0.25) is 19.4 Å². The Hall–Kier alpha value is -3.10. The van der Waals surface area contributed by atoms with Crippen molar-refractivity contribution < 1.29 is 13.9 Å². The molecule has 3 aromatic rings. The number of pyridine rings is 1. The van der Waals surface area contributed by atoms with Crippen LogP contribution in [0.5, 0.6) is 0 Å². The van der Waals surface area contributed by atoms with Gasteiger partial charge in [0.15, 0.2) is 0 Å². The molecule has 2 aromatic heterocycles. The Kier molecular flexibility index (Phi) is 6.97. The SMILES string of the molecule is O=C(Cn1nc(-c2ccncc2)cc1Cc1ccc(F)cc1)N1CCC(N2CCOCC2)CC1. The van der Waals surface area contributed by atoms with Gasteiger partial charge in [0.25, 0.3) is 0 Å². The van der Waals surface area contributed by atoms with E-state index in [4.69, 9.17) is 9.84 Å². The number of amides is 1. The molecule has 0 unspecified atom stereocenters. The fourth-order valence-corrected chi connectivity index (χ4v) is 4.86. The second-order valence-corrected chi connectivity index (χ2v) is 8.98. The van der Waals surface area contributed by atoms with Crippen LogP contribution in [0.2, 0.25) is 0 Å². The molecule has 4 heterocycles. The van der Waals surface area contributed by atoms with Crippen LogP contribution in [0.15, 0.2) is 54.9 Å². The number of nitrogens with zero attached hydrogens (tertiary/aromatic N) is 5. The van der Waals surface area contributed by atoms with E-state index in [0.717, 1.165) is 74.7 Å². The van der Waals surface area contributed by atoms with E-state index in [-0.39, 0.29) is 18.3 Å². The van der Waals surface area contributed by atoms with E-state index in [0.29, 0.717) is 12.5 Å². The van der Waals surface area contributed by atoms with E-state index in [1.165, 1.54) is 12.1 Å². The number of halogens is 1. The minimum atomic E-state index is -0.259. The number of morpholine rings is 1. The highest BCUT2D eigenvalue weighted by Gasteiger charge is 2.28. The minimum Gasteiger partial charge on any atom is -0.379 e. The molecule has 0 N–H and O–H groups in total. The highest BCUT2D eigenvalue weighted by molar-refractivity contribution is 5.76. The molecule has 0 aliphatic carbocycles. The number of carbonyl (C=O) groups excluding carboxylic acids is 1. The molecule has 7 nitrogen and oxygen atoms in total. The third-order valence-electron chi connectivity index (χ3n) is 6.80. The molecule has 0 spiro atoms. The normalized spacial score (nSPS) is 17.7. The van der Waals surface area contributed by atoms with Gasteiger partial charge < -0.3 is 9.64 Å². The second-order valence-electron chi connectivity index (χ2n) is 8.98. The molecule has 5 rings (SSSR count). The van der Waals surface area contributed by atoms with Gasteiger partial charge in [0.1, 0.15) is 12.4 Å². The monoisotopic (exact) mass is 463 g/mol. The molecule has 34 heavy (non-hydrogen) atoms. The van der Waals surface area contributed by atoms with Crippen LogP contribution in [-0.4, -0.2) is 75.9 Å². The quantitative estimate of drug-likeness (QED) is 0.563. The number of likely N-dealkylation sites (tertiary alicyclic amines) is 1. The molecule has 1 aromatic carbocycles. The van der Waals surface area contributed by atoms with E-state index in [9.17, 15) is 9.18 Å². The molecule has 2 aliphatic heterocycles. The first-order valence-corrected chi connectivity index (χ1v) is 12.0. The lowest BCUT2D eigenvalue weighted by Gasteiger charge is -2.40. The van der Waals surface area contributed by atoms with Crippen molar-refractivity contribution >= 4 is 5.91 Å². The van der Waals surface area contributed by atoms with Gasteiger partial charge in [-0.05, 0) is 48.7 Å². The van der Waals surface area contributed by atoms with Crippen LogP contribution >= 0.6 is 0 Å². The van der Waals surface area contributed by atoms with Crippen molar-refractivity contribution in [3.8, 4) is 11.3 Å². The van der Waals surface area contributed by atoms with Crippen molar-refractivity contribution in [3.63, 3.8) is 0 Å². The Labute approximate surface area is 199 Å². The number of rotatable bonds is 6. The Morgan fingerprint density at radius 2 is 1.71 bits per heavy atom. The summed E-state index contributed by atoms with van der Waals surface area (Å²) in [5, 5.41) is 4.76. The lowest BCUT2D eigenvalue weighted by atomic mass is 10.0. The Morgan fingerprint density at radius 1 is 1.00 bits per heavy atom. The summed E-state index contributed by atoms with van der Waals surface area (Å²) in [5.41, 5.74) is 3.66. The van der Waals surface area contributed by atoms with Crippen molar-refractivity contribution in [2.45, 2.75) is 31.8 Å². The summed E-state index contributed by atoms with van der Waals surface area (Å²) in [5.74, 6) is -0.171. The molecule has 2 saturated heterocycles. The predicted octanol–water partition coefficient (Wildman–Crippen LogP) is 3.00. The Balaban J connectivity index is 1.29. The summed E-state index contributed by atoms with van der Waals surface area (Å²) >= 11 is 0. The predicted molar refractivity (Wildman–Crippen MR) is 127 cm³/mol. The number of ether oxygens (including phenoxy) is 1. The lowest BCUT2D eigenvalue weighted by molar-refractivity contribution is -0.134. The van der Waals surface area contributed by atoms with Gasteiger partial charge in [0.2, 0.25) is 5.91 Å². The first-order chi connectivity index (χ1) is 16.7. The Morgan fingerprint density at radius 3 is 2.41 bits per heavy atom. The summed E-state index contributed by atoms with van der Waals surface area (Å²) < 4.78 is 20.6. The third kappa shape index (κ3) is 5.34. The number of hydrogen-bond acceptors (Lipinski definition) is 5. The summed E-state index contributed by atoms with van der Waals surface area (Å²) in [4.78, 5) is 21.8. The van der Waals surface area contributed by atoms with Crippen LogP contribution in [0.25, 0.3) is 11.3 Å². The zero-order chi connectivity index (χ0) is 23.3. The van der Waals surface area contributed by atoms with Crippen LogP contribution in [0, 0.1) is 5.82 Å². The van der Waals surface area contributed by atoms with Crippen molar-refractivity contribution in [2.24, 2.45) is 0 Å². The van der Waals surface area contributed by atoms with Crippen LogP contribution < -0.4 is 0 Å².